The summed E-state index contributed by atoms with van der Waals surface area (Å²) in [5.74, 6) is 4.31. The quantitative estimate of drug-likeness (QED) is 0.196. The van der Waals surface area contributed by atoms with Gasteiger partial charge in [0.1, 0.15) is 11.5 Å². The van der Waals surface area contributed by atoms with E-state index < -0.39 is 0 Å². The molecule has 0 aliphatic heterocycles. The third kappa shape index (κ3) is 6.72. The Labute approximate surface area is 249 Å². The number of benzene rings is 4. The lowest BCUT2D eigenvalue weighted by Crippen LogP contribution is -1.96. The molecular weight excluding hydrogens is 529 g/mol. The zero-order valence-electron chi connectivity index (χ0n) is 25.2. The third-order valence-corrected chi connectivity index (χ3v) is 9.72. The molecule has 0 aliphatic rings. The molecule has 0 aromatic heterocycles. The van der Waals surface area contributed by atoms with Gasteiger partial charge in [-0.3, -0.25) is 0 Å². The molecule has 0 fully saturated rings. The summed E-state index contributed by atoms with van der Waals surface area (Å²) in [6.07, 6.45) is 0. The molecule has 0 amide bonds. The summed E-state index contributed by atoms with van der Waals surface area (Å²) in [4.78, 5) is 0. The number of hydrogen-bond acceptors (Lipinski definition) is 4. The van der Waals surface area contributed by atoms with Crippen LogP contribution >= 0.6 is 23.5 Å². The van der Waals surface area contributed by atoms with Crippen LogP contribution in [0.2, 0.25) is 0 Å². The molecule has 0 heterocycles. The van der Waals surface area contributed by atoms with Gasteiger partial charge >= 0.3 is 0 Å². The highest BCUT2D eigenvalue weighted by Crippen LogP contribution is 2.40. The van der Waals surface area contributed by atoms with Crippen LogP contribution in [-0.4, -0.2) is 21.7 Å². The molecule has 0 bridgehead atoms. The highest BCUT2D eigenvalue weighted by atomic mass is 32.2. The first kappa shape index (κ1) is 30.1. The van der Waals surface area contributed by atoms with Crippen molar-refractivity contribution in [3.8, 4) is 33.8 Å². The van der Waals surface area contributed by atoms with Gasteiger partial charge in [-0.05, 0) is 112 Å². The van der Waals surface area contributed by atoms with E-state index in [4.69, 9.17) is 0 Å². The zero-order chi connectivity index (χ0) is 29.1. The number of aryl methyl sites for hydroxylation is 8. The summed E-state index contributed by atoms with van der Waals surface area (Å²) < 4.78 is 0. The highest BCUT2D eigenvalue weighted by Gasteiger charge is 2.17. The summed E-state index contributed by atoms with van der Waals surface area (Å²) in [6.45, 7) is 16.9. The number of phenols is 2. The number of hydrogen-bond donors (Lipinski definition) is 2. The Morgan fingerprint density at radius 3 is 1.07 bits per heavy atom. The van der Waals surface area contributed by atoms with Crippen molar-refractivity contribution >= 4 is 23.5 Å². The maximum absolute atomic E-state index is 11.2. The third-order valence-electron chi connectivity index (χ3n) is 7.45. The fourth-order valence-electron chi connectivity index (χ4n) is 6.00. The van der Waals surface area contributed by atoms with Crippen molar-refractivity contribution in [2.45, 2.75) is 66.9 Å². The first-order chi connectivity index (χ1) is 19.0. The average molecular weight is 571 g/mol. The number of rotatable bonds is 9. The van der Waals surface area contributed by atoms with Crippen molar-refractivity contribution in [3.63, 3.8) is 0 Å². The minimum atomic E-state index is 0.403. The van der Waals surface area contributed by atoms with E-state index in [9.17, 15) is 10.2 Å². The topological polar surface area (TPSA) is 40.5 Å². The van der Waals surface area contributed by atoms with Crippen LogP contribution < -0.4 is 0 Å². The Morgan fingerprint density at radius 1 is 0.450 bits per heavy atom. The molecule has 4 rings (SSSR count). The molecule has 40 heavy (non-hydrogen) atoms. The lowest BCUT2D eigenvalue weighted by molar-refractivity contribution is 0.472. The van der Waals surface area contributed by atoms with Gasteiger partial charge in [0.25, 0.3) is 0 Å². The molecule has 0 aliphatic carbocycles. The molecule has 0 atom stereocenters. The SMILES string of the molecule is Cc1cc(C)c(-c2cc(C)cc(CSCCSCc3cc(C)cc(-c4c(C)cc(C)cc4C)c3O)c2O)c(C)c1. The lowest BCUT2D eigenvalue weighted by Gasteiger charge is -2.17. The van der Waals surface area contributed by atoms with Crippen molar-refractivity contribution in [3.05, 3.63) is 104 Å². The molecule has 0 radical (unpaired) electrons. The average Bonchev–Trinajstić information content (AvgIpc) is 2.85. The van der Waals surface area contributed by atoms with Gasteiger partial charge in [-0.15, -0.1) is 0 Å². The van der Waals surface area contributed by atoms with Gasteiger partial charge in [-0.1, -0.05) is 47.5 Å². The molecule has 2 N–H and O–H groups in total. The van der Waals surface area contributed by atoms with E-state index >= 15 is 0 Å². The molecule has 0 saturated heterocycles. The summed E-state index contributed by atoms with van der Waals surface area (Å²) in [5.41, 5.74) is 15.8. The predicted octanol–water partition coefficient (Wildman–Crippen LogP) is 10.1. The second-order valence-electron chi connectivity index (χ2n) is 11.3. The van der Waals surface area contributed by atoms with Gasteiger partial charge < -0.3 is 10.2 Å². The molecule has 4 aromatic rings. The summed E-state index contributed by atoms with van der Waals surface area (Å²) in [5, 5.41) is 22.4. The Bertz CT molecular complexity index is 1390. The van der Waals surface area contributed by atoms with Crippen LogP contribution in [0, 0.1) is 55.4 Å². The van der Waals surface area contributed by atoms with Gasteiger partial charge in [0.2, 0.25) is 0 Å². The van der Waals surface area contributed by atoms with E-state index in [0.29, 0.717) is 11.5 Å². The van der Waals surface area contributed by atoms with Crippen LogP contribution in [0.4, 0.5) is 0 Å². The molecular formula is C36H42O2S2. The van der Waals surface area contributed by atoms with Crippen molar-refractivity contribution in [1.82, 2.24) is 0 Å². The largest absolute Gasteiger partial charge is 0.507 e. The van der Waals surface area contributed by atoms with Crippen LogP contribution in [0.5, 0.6) is 11.5 Å². The van der Waals surface area contributed by atoms with E-state index in [2.05, 4.69) is 104 Å². The first-order valence-electron chi connectivity index (χ1n) is 13.9. The van der Waals surface area contributed by atoms with Gasteiger partial charge in [0.05, 0.1) is 0 Å². The van der Waals surface area contributed by atoms with Crippen LogP contribution in [0.1, 0.15) is 55.6 Å². The molecule has 0 spiro atoms. The smallest absolute Gasteiger partial charge is 0.127 e. The molecule has 4 heteroatoms. The Hall–Kier alpha value is -2.82. The van der Waals surface area contributed by atoms with E-state index in [1.165, 1.54) is 44.5 Å². The number of thioether (sulfide) groups is 2. The second-order valence-corrected chi connectivity index (χ2v) is 13.5. The zero-order valence-corrected chi connectivity index (χ0v) is 26.8. The van der Waals surface area contributed by atoms with E-state index in [-0.39, 0.29) is 0 Å². The highest BCUT2D eigenvalue weighted by molar-refractivity contribution is 8.02. The Balaban J connectivity index is 1.40. The van der Waals surface area contributed by atoms with E-state index in [0.717, 1.165) is 56.4 Å². The molecule has 4 aromatic carbocycles. The van der Waals surface area contributed by atoms with Crippen molar-refractivity contribution in [2.24, 2.45) is 0 Å². The summed E-state index contributed by atoms with van der Waals surface area (Å²) in [7, 11) is 0. The normalized spacial score (nSPS) is 11.3. The van der Waals surface area contributed by atoms with Crippen LogP contribution in [0.3, 0.4) is 0 Å². The van der Waals surface area contributed by atoms with Gasteiger partial charge in [-0.25, -0.2) is 0 Å². The fourth-order valence-corrected chi connectivity index (χ4v) is 8.11. The fraction of sp³-hybridized carbons (Fsp3) is 0.333. The van der Waals surface area contributed by atoms with Crippen LogP contribution in [0.15, 0.2) is 48.5 Å². The van der Waals surface area contributed by atoms with Crippen molar-refractivity contribution < 1.29 is 10.2 Å². The van der Waals surface area contributed by atoms with Crippen molar-refractivity contribution in [1.29, 1.82) is 0 Å². The predicted molar refractivity (Wildman–Crippen MR) is 177 cm³/mol. The van der Waals surface area contributed by atoms with Crippen LogP contribution in [0.25, 0.3) is 22.3 Å². The Kier molecular flexibility index (Phi) is 9.64. The number of phenolic OH excluding ortho intramolecular Hbond substituents is 2. The second kappa shape index (κ2) is 12.8. The molecule has 0 saturated carbocycles. The lowest BCUT2D eigenvalue weighted by atomic mass is 9.91. The van der Waals surface area contributed by atoms with Gasteiger partial charge in [0, 0.05) is 45.3 Å². The van der Waals surface area contributed by atoms with E-state index in [1.807, 2.05) is 23.5 Å². The van der Waals surface area contributed by atoms with Crippen molar-refractivity contribution in [2.75, 3.05) is 11.5 Å². The summed E-state index contributed by atoms with van der Waals surface area (Å²) >= 11 is 3.70. The number of aromatic hydroxyl groups is 2. The van der Waals surface area contributed by atoms with E-state index in [1.54, 1.807) is 0 Å². The monoisotopic (exact) mass is 570 g/mol. The van der Waals surface area contributed by atoms with Gasteiger partial charge in [-0.2, -0.15) is 23.5 Å². The van der Waals surface area contributed by atoms with Gasteiger partial charge in [0.15, 0.2) is 0 Å². The molecule has 2 nitrogen and oxygen atoms in total. The van der Waals surface area contributed by atoms with Crippen LogP contribution in [-0.2, 0) is 11.5 Å². The maximum Gasteiger partial charge on any atom is 0.127 e. The first-order valence-corrected chi connectivity index (χ1v) is 16.2. The maximum atomic E-state index is 11.2. The summed E-state index contributed by atoms with van der Waals surface area (Å²) in [6, 6.07) is 17.2. The Morgan fingerprint density at radius 2 is 0.750 bits per heavy atom. The molecule has 210 valence electrons. The molecule has 0 unspecified atom stereocenters. The minimum Gasteiger partial charge on any atom is -0.507 e. The minimum absolute atomic E-state index is 0.403. The standard InChI is InChI=1S/C36H42O2S2/c1-21-11-25(5)33(26(6)12-21)31-17-23(3)15-29(35(31)37)19-39-9-10-40-20-30-16-24(4)18-32(36(30)38)34-27(7)13-22(2)14-28(34)8/h11-18,37-38H,9-10,19-20H2,1-8H3.